The van der Waals surface area contributed by atoms with E-state index in [1.807, 2.05) is 6.08 Å². The molecule has 3 fully saturated rings. The summed E-state index contributed by atoms with van der Waals surface area (Å²) in [6.45, 7) is 2.25. The molecule has 0 spiro atoms. The maximum Gasteiger partial charge on any atom is 0.314 e. The van der Waals surface area contributed by atoms with Crippen molar-refractivity contribution in [2.24, 2.45) is 29.6 Å². The number of hydrogen-bond donors (Lipinski definition) is 0. The highest BCUT2D eigenvalue weighted by molar-refractivity contribution is 5.75. The van der Waals surface area contributed by atoms with Crippen molar-refractivity contribution >= 4 is 5.97 Å². The lowest BCUT2D eigenvalue weighted by molar-refractivity contribution is -0.140. The monoisotopic (exact) mass is 508 g/mol. The third-order valence-electron chi connectivity index (χ3n) is 8.56. The SMILES string of the molecule is CCOc1ccc(OC(=O)C2CCC(C3CCC(C4CCC(/C=C/CF)OC4)CC3)CC2)c(F)c1F. The van der Waals surface area contributed by atoms with Crippen LogP contribution in [-0.4, -0.2) is 32.0 Å². The Morgan fingerprint density at radius 2 is 1.44 bits per heavy atom. The predicted molar refractivity (Wildman–Crippen MR) is 132 cm³/mol. The first-order valence-corrected chi connectivity index (χ1v) is 13.7. The molecule has 2 unspecified atom stereocenters. The van der Waals surface area contributed by atoms with Gasteiger partial charge in [0, 0.05) is 0 Å². The van der Waals surface area contributed by atoms with Crippen LogP contribution in [0, 0.1) is 41.2 Å². The van der Waals surface area contributed by atoms with E-state index in [1.165, 1.54) is 37.8 Å². The second kappa shape index (κ2) is 13.0. The summed E-state index contributed by atoms with van der Waals surface area (Å²) in [6, 6.07) is 2.54. The number of rotatable bonds is 8. The van der Waals surface area contributed by atoms with Crippen LogP contribution in [0.5, 0.6) is 11.5 Å². The summed E-state index contributed by atoms with van der Waals surface area (Å²) >= 11 is 0. The number of benzene rings is 1. The van der Waals surface area contributed by atoms with E-state index >= 15 is 0 Å². The van der Waals surface area contributed by atoms with E-state index in [4.69, 9.17) is 14.2 Å². The molecule has 0 radical (unpaired) electrons. The largest absolute Gasteiger partial charge is 0.491 e. The van der Waals surface area contributed by atoms with E-state index in [1.54, 1.807) is 13.0 Å². The first kappa shape index (κ1) is 27.0. The zero-order valence-corrected chi connectivity index (χ0v) is 21.2. The average molecular weight is 509 g/mol. The van der Waals surface area contributed by atoms with Crippen LogP contribution >= 0.6 is 0 Å². The average Bonchev–Trinajstić information content (AvgIpc) is 2.92. The summed E-state index contributed by atoms with van der Waals surface area (Å²) in [6.07, 6.45) is 13.9. The summed E-state index contributed by atoms with van der Waals surface area (Å²) in [4.78, 5) is 12.6. The molecule has 1 aromatic carbocycles. The van der Waals surface area contributed by atoms with E-state index in [2.05, 4.69) is 0 Å². The van der Waals surface area contributed by atoms with Crippen molar-refractivity contribution in [1.82, 2.24) is 0 Å². The molecule has 1 aromatic rings. The lowest BCUT2D eigenvalue weighted by atomic mass is 9.67. The van der Waals surface area contributed by atoms with Crippen molar-refractivity contribution in [1.29, 1.82) is 0 Å². The highest BCUT2D eigenvalue weighted by atomic mass is 19.2. The fourth-order valence-corrected chi connectivity index (χ4v) is 6.48. The third kappa shape index (κ3) is 6.64. The van der Waals surface area contributed by atoms with Crippen molar-refractivity contribution < 1.29 is 32.2 Å². The number of esters is 1. The van der Waals surface area contributed by atoms with Crippen LogP contribution in [0.25, 0.3) is 0 Å². The van der Waals surface area contributed by atoms with Crippen LogP contribution in [0.2, 0.25) is 0 Å². The summed E-state index contributed by atoms with van der Waals surface area (Å²) in [5.74, 6) is -0.990. The fourth-order valence-electron chi connectivity index (χ4n) is 6.48. The van der Waals surface area contributed by atoms with Gasteiger partial charge in [0.2, 0.25) is 11.6 Å². The Morgan fingerprint density at radius 1 is 0.889 bits per heavy atom. The van der Waals surface area contributed by atoms with E-state index in [-0.39, 0.29) is 30.1 Å². The van der Waals surface area contributed by atoms with Gasteiger partial charge in [0.05, 0.1) is 25.2 Å². The van der Waals surface area contributed by atoms with Crippen molar-refractivity contribution in [3.8, 4) is 11.5 Å². The summed E-state index contributed by atoms with van der Waals surface area (Å²) in [5.41, 5.74) is 0. The number of hydrogen-bond acceptors (Lipinski definition) is 4. The fraction of sp³-hybridized carbons (Fsp3) is 0.690. The van der Waals surface area contributed by atoms with Gasteiger partial charge in [-0.15, -0.1) is 0 Å². The number of carbonyl (C=O) groups excluding carboxylic acids is 1. The molecule has 4 rings (SSSR count). The number of carbonyl (C=O) groups is 1. The maximum atomic E-state index is 14.3. The minimum Gasteiger partial charge on any atom is -0.491 e. The number of ether oxygens (including phenoxy) is 3. The topological polar surface area (TPSA) is 44.8 Å². The summed E-state index contributed by atoms with van der Waals surface area (Å²) < 4.78 is 57.0. The number of halogens is 3. The Labute approximate surface area is 212 Å². The summed E-state index contributed by atoms with van der Waals surface area (Å²) in [7, 11) is 0. The van der Waals surface area contributed by atoms with Gasteiger partial charge in [-0.2, -0.15) is 8.78 Å². The van der Waals surface area contributed by atoms with Gasteiger partial charge in [-0.05, 0) is 107 Å². The first-order valence-electron chi connectivity index (χ1n) is 13.7. The van der Waals surface area contributed by atoms with E-state index in [0.717, 1.165) is 45.1 Å². The molecule has 1 aliphatic heterocycles. The van der Waals surface area contributed by atoms with Gasteiger partial charge < -0.3 is 14.2 Å². The molecule has 2 atom stereocenters. The third-order valence-corrected chi connectivity index (χ3v) is 8.56. The Morgan fingerprint density at radius 3 is 2.03 bits per heavy atom. The van der Waals surface area contributed by atoms with Crippen molar-refractivity contribution in [2.75, 3.05) is 19.9 Å². The molecular weight excluding hydrogens is 469 g/mol. The highest BCUT2D eigenvalue weighted by Crippen LogP contribution is 2.44. The van der Waals surface area contributed by atoms with Gasteiger partial charge in [0.1, 0.15) is 6.67 Å². The first-order chi connectivity index (χ1) is 17.5. The zero-order chi connectivity index (χ0) is 25.5. The lowest BCUT2D eigenvalue weighted by Gasteiger charge is -2.41. The van der Waals surface area contributed by atoms with E-state index in [9.17, 15) is 18.0 Å². The molecule has 1 saturated heterocycles. The van der Waals surface area contributed by atoms with Crippen LogP contribution < -0.4 is 9.47 Å². The lowest BCUT2D eigenvalue weighted by Crippen LogP contribution is -2.34. The van der Waals surface area contributed by atoms with Crippen LogP contribution in [-0.2, 0) is 9.53 Å². The Balaban J connectivity index is 1.19. The standard InChI is InChI=1S/C29H39F3O4/c1-2-34-25-15-16-26(28(32)27(25)31)36-29(33)22-11-9-20(10-12-22)19-5-7-21(8-6-19)23-13-14-24(35-18-23)4-3-17-30/h3-4,15-16,19-24H,2,5-14,17-18H2,1H3/b4-3+. The highest BCUT2D eigenvalue weighted by Gasteiger charge is 2.36. The molecule has 3 aliphatic rings. The molecule has 200 valence electrons. The van der Waals surface area contributed by atoms with Crippen molar-refractivity contribution in [2.45, 2.75) is 77.2 Å². The van der Waals surface area contributed by atoms with Gasteiger partial charge in [0.15, 0.2) is 11.5 Å². The predicted octanol–water partition coefficient (Wildman–Crippen LogP) is 7.20. The summed E-state index contributed by atoms with van der Waals surface area (Å²) in [5, 5.41) is 0. The normalized spacial score (nSPS) is 31.3. The maximum absolute atomic E-state index is 14.3. The van der Waals surface area contributed by atoms with Crippen LogP contribution in [0.1, 0.15) is 71.1 Å². The number of allylic oxidation sites excluding steroid dienone is 1. The van der Waals surface area contributed by atoms with Crippen LogP contribution in [0.3, 0.4) is 0 Å². The van der Waals surface area contributed by atoms with Gasteiger partial charge in [-0.25, -0.2) is 4.39 Å². The van der Waals surface area contributed by atoms with Gasteiger partial charge in [-0.3, -0.25) is 4.79 Å². The molecule has 2 saturated carbocycles. The van der Waals surface area contributed by atoms with E-state index in [0.29, 0.717) is 23.7 Å². The van der Waals surface area contributed by atoms with Crippen LogP contribution in [0.4, 0.5) is 13.2 Å². The van der Waals surface area contributed by atoms with Gasteiger partial charge in [-0.1, -0.05) is 12.2 Å². The molecule has 0 N–H and O–H groups in total. The van der Waals surface area contributed by atoms with Crippen molar-refractivity contribution in [3.05, 3.63) is 35.9 Å². The van der Waals surface area contributed by atoms with Crippen molar-refractivity contribution in [3.63, 3.8) is 0 Å². The molecule has 0 amide bonds. The Hall–Kier alpha value is -2.02. The zero-order valence-electron chi connectivity index (χ0n) is 21.2. The molecule has 2 aliphatic carbocycles. The molecule has 4 nitrogen and oxygen atoms in total. The second-order valence-electron chi connectivity index (χ2n) is 10.6. The second-order valence-corrected chi connectivity index (χ2v) is 10.6. The van der Waals surface area contributed by atoms with Crippen LogP contribution in [0.15, 0.2) is 24.3 Å². The molecule has 7 heteroatoms. The number of alkyl halides is 1. The Bertz CT molecular complexity index is 881. The molecule has 0 aromatic heterocycles. The molecule has 0 bridgehead atoms. The minimum absolute atomic E-state index is 0.0696. The molecule has 36 heavy (non-hydrogen) atoms. The molecule has 1 heterocycles. The smallest absolute Gasteiger partial charge is 0.314 e. The van der Waals surface area contributed by atoms with E-state index < -0.39 is 24.3 Å². The molecular formula is C29H39F3O4. The van der Waals surface area contributed by atoms with Gasteiger partial charge in [0.25, 0.3) is 0 Å². The van der Waals surface area contributed by atoms with Gasteiger partial charge >= 0.3 is 5.97 Å². The minimum atomic E-state index is -1.19. The quantitative estimate of drug-likeness (QED) is 0.212. The Kier molecular flexibility index (Phi) is 9.74.